The highest BCUT2D eigenvalue weighted by molar-refractivity contribution is 7.93. The number of furan rings is 1. The van der Waals surface area contributed by atoms with Gasteiger partial charge in [-0.2, -0.15) is 21.6 Å². The molecule has 5 rings (SSSR count). The second kappa shape index (κ2) is 7.86. The van der Waals surface area contributed by atoms with Crippen molar-refractivity contribution in [2.24, 2.45) is 5.92 Å². The molecular weight excluding hydrogens is 435 g/mol. The molecule has 2 N–H and O–H groups in total. The van der Waals surface area contributed by atoms with Crippen molar-refractivity contribution < 1.29 is 30.8 Å². The summed E-state index contributed by atoms with van der Waals surface area (Å²) in [6, 6.07) is 8.61. The van der Waals surface area contributed by atoms with Gasteiger partial charge in [0.25, 0.3) is 5.91 Å². The van der Waals surface area contributed by atoms with Crippen molar-refractivity contribution in [3.63, 3.8) is 0 Å². The van der Waals surface area contributed by atoms with Crippen molar-refractivity contribution in [2.45, 2.75) is 37.4 Å². The molecule has 3 aliphatic rings. The molecule has 1 amide bonds. The van der Waals surface area contributed by atoms with Crippen LogP contribution in [0.1, 0.15) is 30.3 Å². The van der Waals surface area contributed by atoms with Gasteiger partial charge in [0.1, 0.15) is 5.76 Å². The lowest BCUT2D eigenvalue weighted by molar-refractivity contribution is -0.0429. The average molecular weight is 457 g/mol. The number of sulfonamides is 1. The topological polar surface area (TPSA) is 91.7 Å². The summed E-state index contributed by atoms with van der Waals surface area (Å²) in [5, 5.41) is 3.05. The fourth-order valence-electron chi connectivity index (χ4n) is 4.33. The van der Waals surface area contributed by atoms with E-state index in [1.54, 1.807) is 6.07 Å². The van der Waals surface area contributed by atoms with Gasteiger partial charge in [-0.05, 0) is 63.0 Å². The molecule has 7 nitrogen and oxygen atoms in total. The molecule has 1 aromatic carbocycles. The van der Waals surface area contributed by atoms with Crippen LogP contribution in [0.3, 0.4) is 0 Å². The Kier molecular flexibility index (Phi) is 5.50. The monoisotopic (exact) mass is 457 g/mol. The highest BCUT2D eigenvalue weighted by Crippen LogP contribution is 2.33. The number of fused-ring (bicyclic) bond motifs is 3. The second-order valence-electron chi connectivity index (χ2n) is 7.91. The number of carbonyl (C=O) groups excluding carboxylic acids is 1. The summed E-state index contributed by atoms with van der Waals surface area (Å²) < 4.78 is 67.5. The quantitative estimate of drug-likeness (QED) is 0.718. The molecule has 0 radical (unpaired) electrons. The van der Waals surface area contributed by atoms with Crippen LogP contribution in [0.4, 0.5) is 18.9 Å². The number of nitrogens with one attached hydrogen (secondary N) is 2. The van der Waals surface area contributed by atoms with Crippen LogP contribution < -0.4 is 10.0 Å². The van der Waals surface area contributed by atoms with E-state index in [2.05, 4.69) is 17.1 Å². The molecule has 11 heteroatoms. The molecule has 1 aromatic heterocycles. The minimum absolute atomic E-state index is 0.0312. The number of piperidine rings is 3. The highest BCUT2D eigenvalue weighted by atomic mass is 32.2. The van der Waals surface area contributed by atoms with Crippen molar-refractivity contribution in [3.8, 4) is 11.3 Å². The molecule has 2 atom stereocenters. The van der Waals surface area contributed by atoms with Gasteiger partial charge < -0.3 is 9.73 Å². The van der Waals surface area contributed by atoms with Crippen LogP contribution in [0, 0.1) is 5.92 Å². The van der Waals surface area contributed by atoms with E-state index in [0.717, 1.165) is 25.9 Å². The minimum atomic E-state index is -5.53. The number of halogens is 3. The van der Waals surface area contributed by atoms with Crippen molar-refractivity contribution in [2.75, 3.05) is 17.8 Å². The van der Waals surface area contributed by atoms with Gasteiger partial charge in [0.15, 0.2) is 5.76 Å². The summed E-state index contributed by atoms with van der Waals surface area (Å²) in [5.74, 6) is 0.391. The third-order valence-electron chi connectivity index (χ3n) is 6.01. The van der Waals surface area contributed by atoms with Gasteiger partial charge in [0.05, 0.1) is 0 Å². The Balaban J connectivity index is 1.48. The standard InChI is InChI=1S/C20H22F3N3O4S/c1-12-18(13-7-9-26(12)10-8-13)24-19(27)17-6-5-16(30-17)14-3-2-4-15(11-14)25-31(28,29)20(21,22)23/h2-6,11-13,18,25H,7-10H2,1H3,(H,24,27)/t12-,18-/m0/s1. The van der Waals surface area contributed by atoms with Crippen LogP contribution in [0.5, 0.6) is 0 Å². The molecule has 0 spiro atoms. The Hall–Kier alpha value is -2.53. The maximum absolute atomic E-state index is 12.7. The molecule has 168 valence electrons. The third-order valence-corrected chi connectivity index (χ3v) is 7.12. The zero-order valence-corrected chi connectivity index (χ0v) is 17.5. The maximum atomic E-state index is 12.7. The van der Waals surface area contributed by atoms with Crippen LogP contribution in [0.15, 0.2) is 40.8 Å². The molecular formula is C20H22F3N3O4S. The lowest BCUT2D eigenvalue weighted by Crippen LogP contribution is -2.62. The molecule has 0 aliphatic carbocycles. The Labute approximate surface area is 177 Å². The Morgan fingerprint density at radius 2 is 1.87 bits per heavy atom. The number of nitrogens with zero attached hydrogens (tertiary/aromatic N) is 1. The molecule has 2 aromatic rings. The van der Waals surface area contributed by atoms with Crippen LogP contribution >= 0.6 is 0 Å². The lowest BCUT2D eigenvalue weighted by Gasteiger charge is -2.49. The summed E-state index contributed by atoms with van der Waals surface area (Å²) in [7, 11) is -5.53. The van der Waals surface area contributed by atoms with Gasteiger partial charge in [-0.3, -0.25) is 14.4 Å². The molecule has 3 saturated heterocycles. The minimum Gasteiger partial charge on any atom is -0.451 e. The molecule has 3 aliphatic heterocycles. The van der Waals surface area contributed by atoms with Crippen LogP contribution in [-0.4, -0.2) is 49.9 Å². The normalized spacial score (nSPS) is 25.9. The molecule has 31 heavy (non-hydrogen) atoms. The Bertz CT molecular complexity index is 1070. The predicted octanol–water partition coefficient (Wildman–Crippen LogP) is 3.42. The van der Waals surface area contributed by atoms with Crippen molar-refractivity contribution in [1.82, 2.24) is 10.2 Å². The van der Waals surface area contributed by atoms with E-state index in [0.29, 0.717) is 11.5 Å². The Morgan fingerprint density at radius 3 is 2.52 bits per heavy atom. The summed E-state index contributed by atoms with van der Waals surface area (Å²) in [6.07, 6.45) is 2.08. The number of carbonyl (C=O) groups is 1. The van der Waals surface area contributed by atoms with Gasteiger partial charge in [-0.25, -0.2) is 0 Å². The van der Waals surface area contributed by atoms with Gasteiger partial charge in [-0.1, -0.05) is 12.1 Å². The van der Waals surface area contributed by atoms with Crippen molar-refractivity contribution in [1.29, 1.82) is 0 Å². The van der Waals surface area contributed by atoms with E-state index in [1.165, 1.54) is 35.1 Å². The summed E-state index contributed by atoms with van der Waals surface area (Å²) >= 11 is 0. The van der Waals surface area contributed by atoms with Gasteiger partial charge in [0.2, 0.25) is 0 Å². The number of benzene rings is 1. The zero-order valence-electron chi connectivity index (χ0n) is 16.6. The second-order valence-corrected chi connectivity index (χ2v) is 9.58. The van der Waals surface area contributed by atoms with E-state index in [4.69, 9.17) is 4.42 Å². The van der Waals surface area contributed by atoms with Crippen molar-refractivity contribution in [3.05, 3.63) is 42.2 Å². The third kappa shape index (κ3) is 4.29. The number of rotatable bonds is 5. The Morgan fingerprint density at radius 1 is 1.16 bits per heavy atom. The molecule has 4 heterocycles. The molecule has 0 unspecified atom stereocenters. The maximum Gasteiger partial charge on any atom is 0.516 e. The van der Waals surface area contributed by atoms with E-state index in [1.807, 2.05) is 0 Å². The number of hydrogen-bond donors (Lipinski definition) is 2. The summed E-state index contributed by atoms with van der Waals surface area (Å²) in [4.78, 5) is 15.1. The van der Waals surface area contributed by atoms with Gasteiger partial charge >= 0.3 is 15.5 Å². The first kappa shape index (κ1) is 21.7. The number of amides is 1. The smallest absolute Gasteiger partial charge is 0.451 e. The molecule has 0 saturated carbocycles. The first-order valence-electron chi connectivity index (χ1n) is 9.89. The fraction of sp³-hybridized carbons (Fsp3) is 0.450. The predicted molar refractivity (Wildman–Crippen MR) is 108 cm³/mol. The molecule has 2 bridgehead atoms. The van der Waals surface area contributed by atoms with Crippen LogP contribution in [0.25, 0.3) is 11.3 Å². The number of hydrogen-bond acceptors (Lipinski definition) is 5. The van der Waals surface area contributed by atoms with E-state index >= 15 is 0 Å². The summed E-state index contributed by atoms with van der Waals surface area (Å²) in [5.41, 5.74) is -5.36. The number of alkyl halides is 3. The van der Waals surface area contributed by atoms with E-state index in [9.17, 15) is 26.4 Å². The number of anilines is 1. The highest BCUT2D eigenvalue weighted by Gasteiger charge is 2.46. The average Bonchev–Trinajstić information content (AvgIpc) is 3.20. The van der Waals surface area contributed by atoms with Gasteiger partial charge in [-0.15, -0.1) is 0 Å². The van der Waals surface area contributed by atoms with E-state index in [-0.39, 0.29) is 35.2 Å². The van der Waals surface area contributed by atoms with Crippen LogP contribution in [0.2, 0.25) is 0 Å². The van der Waals surface area contributed by atoms with Crippen molar-refractivity contribution >= 4 is 21.6 Å². The zero-order chi connectivity index (χ0) is 22.4. The first-order chi connectivity index (χ1) is 14.5. The molecule has 3 fully saturated rings. The fourth-order valence-corrected chi connectivity index (χ4v) is 4.88. The largest absolute Gasteiger partial charge is 0.516 e. The summed E-state index contributed by atoms with van der Waals surface area (Å²) in [6.45, 7) is 4.17. The van der Waals surface area contributed by atoms with Gasteiger partial charge in [0, 0.05) is 23.3 Å². The van der Waals surface area contributed by atoms with E-state index < -0.39 is 15.5 Å². The lowest BCUT2D eigenvalue weighted by atomic mass is 9.79. The first-order valence-corrected chi connectivity index (χ1v) is 11.4. The van der Waals surface area contributed by atoms with Crippen LogP contribution in [-0.2, 0) is 10.0 Å². The SMILES string of the molecule is C[C@H]1[C@H](NC(=O)c2ccc(-c3cccc(NS(=O)(=O)C(F)(F)F)c3)o2)C2CCN1CC2.